The van der Waals surface area contributed by atoms with Gasteiger partial charge in [0.1, 0.15) is 5.69 Å². The molecule has 6 heteroatoms. The van der Waals surface area contributed by atoms with Crippen LogP contribution < -0.4 is 5.32 Å². The monoisotopic (exact) mass is 371 g/mol. The Morgan fingerprint density at radius 3 is 2.48 bits per heavy atom. The average Bonchev–Trinajstić information content (AvgIpc) is 3.31. The zero-order valence-electron chi connectivity index (χ0n) is 13.2. The van der Waals surface area contributed by atoms with Crippen molar-refractivity contribution in [2.45, 2.75) is 18.9 Å². The van der Waals surface area contributed by atoms with Crippen molar-refractivity contribution in [1.29, 1.82) is 0 Å². The maximum Gasteiger partial charge on any atom is 0.270 e. The number of hydrogen-bond donors (Lipinski definition) is 1. The molecule has 0 aliphatic heterocycles. The molecule has 25 heavy (non-hydrogen) atoms. The molecule has 1 N–H and O–H groups in total. The quantitative estimate of drug-likeness (QED) is 0.719. The van der Waals surface area contributed by atoms with Gasteiger partial charge in [0.2, 0.25) is 0 Å². The van der Waals surface area contributed by atoms with Crippen molar-refractivity contribution >= 4 is 29.1 Å². The van der Waals surface area contributed by atoms with Crippen molar-refractivity contribution in [3.63, 3.8) is 0 Å². The summed E-state index contributed by atoms with van der Waals surface area (Å²) in [7, 11) is 0. The van der Waals surface area contributed by atoms with E-state index in [1.54, 1.807) is 22.9 Å². The molecule has 1 saturated carbocycles. The molecule has 0 radical (unpaired) electrons. The summed E-state index contributed by atoms with van der Waals surface area (Å²) in [5.74, 6) is -0.136. The summed E-state index contributed by atoms with van der Waals surface area (Å²) >= 11 is 12.3. The molecule has 126 valence electrons. The van der Waals surface area contributed by atoms with Gasteiger partial charge in [0.05, 0.1) is 16.4 Å². The first-order valence-corrected chi connectivity index (χ1v) is 8.79. The first-order valence-electron chi connectivity index (χ1n) is 8.03. The third-order valence-corrected chi connectivity index (χ3v) is 4.66. The van der Waals surface area contributed by atoms with Crippen LogP contribution in [0.2, 0.25) is 10.0 Å². The van der Waals surface area contributed by atoms with E-state index in [1.165, 1.54) is 0 Å². The second-order valence-electron chi connectivity index (χ2n) is 6.03. The summed E-state index contributed by atoms with van der Waals surface area (Å²) in [6.07, 6.45) is 2.05. The molecule has 1 heterocycles. The second-order valence-corrected chi connectivity index (χ2v) is 6.87. The van der Waals surface area contributed by atoms with E-state index in [0.717, 1.165) is 24.1 Å². The van der Waals surface area contributed by atoms with Gasteiger partial charge in [-0.15, -0.1) is 0 Å². The molecule has 0 spiro atoms. The molecule has 3 aromatic rings. The molecular formula is C19H15Cl2N3O. The fourth-order valence-corrected chi connectivity index (χ4v) is 2.97. The number of nitrogens with one attached hydrogen (secondary N) is 1. The zero-order chi connectivity index (χ0) is 17.4. The van der Waals surface area contributed by atoms with Crippen LogP contribution in [-0.4, -0.2) is 21.7 Å². The summed E-state index contributed by atoms with van der Waals surface area (Å²) < 4.78 is 1.63. The van der Waals surface area contributed by atoms with E-state index in [2.05, 4.69) is 10.4 Å². The first kappa shape index (κ1) is 16.2. The van der Waals surface area contributed by atoms with Gasteiger partial charge in [0.25, 0.3) is 5.91 Å². The topological polar surface area (TPSA) is 46.9 Å². The molecule has 0 unspecified atom stereocenters. The molecule has 1 aromatic heterocycles. The van der Waals surface area contributed by atoms with Gasteiger partial charge in [-0.25, -0.2) is 4.68 Å². The molecule has 2 aromatic carbocycles. The number of aromatic nitrogens is 2. The van der Waals surface area contributed by atoms with Crippen LogP contribution in [0.15, 0.2) is 54.6 Å². The van der Waals surface area contributed by atoms with Crippen LogP contribution >= 0.6 is 23.2 Å². The van der Waals surface area contributed by atoms with E-state index in [9.17, 15) is 4.79 Å². The Hall–Kier alpha value is -2.30. The zero-order valence-corrected chi connectivity index (χ0v) is 14.8. The fraction of sp³-hybridized carbons (Fsp3) is 0.158. The van der Waals surface area contributed by atoms with E-state index in [4.69, 9.17) is 23.2 Å². The highest BCUT2D eigenvalue weighted by molar-refractivity contribution is 6.33. The lowest BCUT2D eigenvalue weighted by Gasteiger charge is -2.07. The fourth-order valence-electron chi connectivity index (χ4n) is 2.61. The minimum absolute atomic E-state index is 0.136. The van der Waals surface area contributed by atoms with Crippen LogP contribution in [0.3, 0.4) is 0 Å². The third kappa shape index (κ3) is 3.41. The van der Waals surface area contributed by atoms with E-state index < -0.39 is 0 Å². The predicted molar refractivity (Wildman–Crippen MR) is 99.5 cm³/mol. The van der Waals surface area contributed by atoms with Gasteiger partial charge < -0.3 is 5.32 Å². The number of amides is 1. The number of rotatable bonds is 4. The van der Waals surface area contributed by atoms with Crippen molar-refractivity contribution in [1.82, 2.24) is 15.1 Å². The lowest BCUT2D eigenvalue weighted by atomic mass is 10.1. The van der Waals surface area contributed by atoms with Crippen molar-refractivity contribution in [3.05, 3.63) is 70.3 Å². The van der Waals surface area contributed by atoms with Gasteiger partial charge in [-0.3, -0.25) is 4.79 Å². The molecule has 1 amide bonds. The van der Waals surface area contributed by atoms with Crippen LogP contribution in [-0.2, 0) is 0 Å². The van der Waals surface area contributed by atoms with Gasteiger partial charge in [0, 0.05) is 16.6 Å². The first-order chi connectivity index (χ1) is 12.1. The molecule has 1 fully saturated rings. The maximum atomic E-state index is 12.7. The van der Waals surface area contributed by atoms with Crippen molar-refractivity contribution in [2.24, 2.45) is 0 Å². The number of carbonyl (C=O) groups is 1. The number of nitrogens with zero attached hydrogens (tertiary/aromatic N) is 2. The highest BCUT2D eigenvalue weighted by atomic mass is 35.5. The van der Waals surface area contributed by atoms with Crippen molar-refractivity contribution < 1.29 is 4.79 Å². The van der Waals surface area contributed by atoms with Crippen LogP contribution in [0, 0.1) is 0 Å². The molecule has 1 aliphatic rings. The molecular weight excluding hydrogens is 357 g/mol. The summed E-state index contributed by atoms with van der Waals surface area (Å²) in [6.45, 7) is 0. The van der Waals surface area contributed by atoms with Crippen molar-refractivity contribution in [2.75, 3.05) is 0 Å². The van der Waals surface area contributed by atoms with Gasteiger partial charge in [0.15, 0.2) is 0 Å². The largest absolute Gasteiger partial charge is 0.348 e. The summed E-state index contributed by atoms with van der Waals surface area (Å²) in [5.41, 5.74) is 2.69. The minimum atomic E-state index is -0.136. The predicted octanol–water partition coefficient (Wildman–Crippen LogP) is 4.74. The van der Waals surface area contributed by atoms with E-state index in [1.807, 2.05) is 36.4 Å². The standard InChI is InChI=1S/C19H15Cl2N3O/c20-12-5-9-14(10-6-12)24-18(19(25)22-13-7-8-13)11-17(23-24)15-3-1-2-4-16(15)21/h1-6,9-11,13H,7-8H2,(H,22,25). The second kappa shape index (κ2) is 6.54. The Bertz CT molecular complexity index is 930. The Balaban J connectivity index is 1.81. The highest BCUT2D eigenvalue weighted by Crippen LogP contribution is 2.29. The Labute approximate surface area is 155 Å². The normalized spacial score (nSPS) is 13.7. The highest BCUT2D eigenvalue weighted by Gasteiger charge is 2.26. The van der Waals surface area contributed by atoms with Crippen LogP contribution in [0.25, 0.3) is 16.9 Å². The molecule has 1 aliphatic carbocycles. The van der Waals surface area contributed by atoms with Crippen molar-refractivity contribution in [3.8, 4) is 16.9 Å². The molecule has 0 atom stereocenters. The molecule has 4 nitrogen and oxygen atoms in total. The van der Waals surface area contributed by atoms with Crippen LogP contribution in [0.5, 0.6) is 0 Å². The van der Waals surface area contributed by atoms with Crippen LogP contribution in [0.4, 0.5) is 0 Å². The van der Waals surface area contributed by atoms with E-state index in [-0.39, 0.29) is 11.9 Å². The number of carbonyl (C=O) groups excluding carboxylic acids is 1. The summed E-state index contributed by atoms with van der Waals surface area (Å²) in [4.78, 5) is 12.7. The maximum absolute atomic E-state index is 12.7. The van der Waals surface area contributed by atoms with Crippen LogP contribution in [0.1, 0.15) is 23.3 Å². The average molecular weight is 372 g/mol. The molecule has 0 bridgehead atoms. The van der Waals surface area contributed by atoms with Gasteiger partial charge in [-0.2, -0.15) is 5.10 Å². The minimum Gasteiger partial charge on any atom is -0.348 e. The third-order valence-electron chi connectivity index (χ3n) is 4.08. The smallest absolute Gasteiger partial charge is 0.270 e. The van der Waals surface area contributed by atoms with Gasteiger partial charge in [-0.1, -0.05) is 41.4 Å². The number of benzene rings is 2. The Morgan fingerprint density at radius 1 is 1.08 bits per heavy atom. The summed E-state index contributed by atoms with van der Waals surface area (Å²) in [5, 5.41) is 8.86. The van der Waals surface area contributed by atoms with Gasteiger partial charge in [-0.05, 0) is 49.2 Å². The molecule has 4 rings (SSSR count). The summed E-state index contributed by atoms with van der Waals surface area (Å²) in [6, 6.07) is 16.7. The lowest BCUT2D eigenvalue weighted by molar-refractivity contribution is 0.0943. The Morgan fingerprint density at radius 2 is 1.80 bits per heavy atom. The number of halogens is 2. The lowest BCUT2D eigenvalue weighted by Crippen LogP contribution is -2.27. The molecule has 0 saturated heterocycles. The van der Waals surface area contributed by atoms with Gasteiger partial charge >= 0.3 is 0 Å². The van der Waals surface area contributed by atoms with E-state index in [0.29, 0.717) is 21.4 Å². The Kier molecular flexibility index (Phi) is 4.24. The van der Waals surface area contributed by atoms with E-state index >= 15 is 0 Å². The number of hydrogen-bond acceptors (Lipinski definition) is 2. The SMILES string of the molecule is O=C(NC1CC1)c1cc(-c2ccccc2Cl)nn1-c1ccc(Cl)cc1.